The largest absolute Gasteiger partial charge is 0.480 e. The molecule has 3 N–H and O–H groups in total. The number of carboxylic acids is 1. The third kappa shape index (κ3) is 1.28. The van der Waals surface area contributed by atoms with E-state index < -0.39 is 16.8 Å². The molecule has 2 rings (SSSR count). The van der Waals surface area contributed by atoms with Gasteiger partial charge in [-0.3, -0.25) is 4.79 Å². The number of thioether (sulfide) groups is 1. The summed E-state index contributed by atoms with van der Waals surface area (Å²) in [5.74, 6) is -1.24. The topological polar surface area (TPSA) is 83.6 Å². The first-order valence-corrected chi connectivity index (χ1v) is 5.71. The lowest BCUT2D eigenvalue weighted by atomic mass is 9.92. The van der Waals surface area contributed by atoms with E-state index >= 15 is 0 Å². The molecule has 0 unspecified atom stereocenters. The average Bonchev–Trinajstić information content (AvgIpc) is 2.35. The molecule has 0 aromatic rings. The van der Waals surface area contributed by atoms with Gasteiger partial charge in [-0.2, -0.15) is 0 Å². The van der Waals surface area contributed by atoms with E-state index in [1.165, 1.54) is 16.7 Å². The van der Waals surface area contributed by atoms with Crippen LogP contribution in [0.1, 0.15) is 13.8 Å². The quantitative estimate of drug-likeness (QED) is 0.637. The SMILES string of the molecule is CC1(C)S[C@@H]2[C@H](CN)C(=O)N2[C@H]1C(=O)O. The molecule has 0 aromatic heterocycles. The predicted molar refractivity (Wildman–Crippen MR) is 56.3 cm³/mol. The van der Waals surface area contributed by atoms with Gasteiger partial charge in [-0.15, -0.1) is 11.8 Å². The van der Waals surface area contributed by atoms with Gasteiger partial charge in [0.2, 0.25) is 5.91 Å². The standard InChI is InChI=1S/C9H14N2O3S/c1-9(2)5(8(13)14)11-6(12)4(3-10)7(11)15-9/h4-5,7H,3,10H2,1-2H3,(H,13,14)/t4-,5+,7-/m1/s1. The number of hydrogen-bond donors (Lipinski definition) is 2. The minimum atomic E-state index is -0.932. The highest BCUT2D eigenvalue weighted by Crippen LogP contribution is 2.52. The summed E-state index contributed by atoms with van der Waals surface area (Å²) in [6.45, 7) is 4.01. The van der Waals surface area contributed by atoms with E-state index in [9.17, 15) is 9.59 Å². The van der Waals surface area contributed by atoms with Crippen LogP contribution in [0.5, 0.6) is 0 Å². The van der Waals surface area contributed by atoms with E-state index in [2.05, 4.69) is 0 Å². The van der Waals surface area contributed by atoms with E-state index in [0.29, 0.717) is 6.54 Å². The summed E-state index contributed by atoms with van der Waals surface area (Å²) >= 11 is 1.53. The Hall–Kier alpha value is -0.750. The average molecular weight is 230 g/mol. The summed E-state index contributed by atoms with van der Waals surface area (Å²) in [5, 5.41) is 9.07. The van der Waals surface area contributed by atoms with E-state index in [1.54, 1.807) is 0 Å². The predicted octanol–water partition coefficient (Wildman–Crippen LogP) is -0.292. The maximum Gasteiger partial charge on any atom is 0.327 e. The Labute approximate surface area is 92.0 Å². The first-order chi connectivity index (χ1) is 6.90. The normalized spacial score (nSPS) is 37.4. The van der Waals surface area contributed by atoms with Crippen LogP contribution in [0.25, 0.3) is 0 Å². The van der Waals surface area contributed by atoms with Crippen molar-refractivity contribution in [1.29, 1.82) is 0 Å². The maximum atomic E-state index is 11.6. The highest BCUT2D eigenvalue weighted by molar-refractivity contribution is 8.01. The third-order valence-electron chi connectivity index (χ3n) is 3.04. The second-order valence-electron chi connectivity index (χ2n) is 4.44. The van der Waals surface area contributed by atoms with E-state index in [4.69, 9.17) is 10.8 Å². The number of fused-ring (bicyclic) bond motifs is 1. The Bertz CT molecular complexity index is 331. The van der Waals surface area contributed by atoms with Crippen molar-refractivity contribution in [2.24, 2.45) is 11.7 Å². The second kappa shape index (κ2) is 3.12. The molecule has 0 bridgehead atoms. The Kier molecular flexibility index (Phi) is 2.24. The zero-order chi connectivity index (χ0) is 11.4. The first kappa shape index (κ1) is 10.8. The van der Waals surface area contributed by atoms with Gasteiger partial charge in [0, 0.05) is 11.3 Å². The van der Waals surface area contributed by atoms with Crippen LogP contribution in [0, 0.1) is 5.92 Å². The Morgan fingerprint density at radius 2 is 2.27 bits per heavy atom. The minimum Gasteiger partial charge on any atom is -0.480 e. The number of nitrogens with two attached hydrogens (primary N) is 1. The molecule has 2 heterocycles. The fraction of sp³-hybridized carbons (Fsp3) is 0.778. The van der Waals surface area contributed by atoms with E-state index in [0.717, 1.165) is 0 Å². The van der Waals surface area contributed by atoms with E-state index in [1.807, 2.05) is 13.8 Å². The number of aliphatic carboxylic acids is 1. The molecule has 2 aliphatic heterocycles. The Balaban J connectivity index is 2.28. The molecule has 2 saturated heterocycles. The molecule has 0 saturated carbocycles. The molecule has 2 aliphatic rings. The van der Waals surface area contributed by atoms with Gasteiger partial charge >= 0.3 is 5.97 Å². The highest BCUT2D eigenvalue weighted by Gasteiger charge is 2.63. The number of β-lactam (4-membered cyclic amide) rings is 1. The lowest BCUT2D eigenvalue weighted by molar-refractivity contribution is -0.162. The molecule has 0 radical (unpaired) electrons. The molecule has 84 valence electrons. The molecule has 0 spiro atoms. The van der Waals surface area contributed by atoms with Crippen LogP contribution < -0.4 is 5.73 Å². The van der Waals surface area contributed by atoms with Crippen molar-refractivity contribution in [3.8, 4) is 0 Å². The first-order valence-electron chi connectivity index (χ1n) is 4.83. The van der Waals surface area contributed by atoms with Crippen molar-refractivity contribution in [1.82, 2.24) is 4.90 Å². The van der Waals surface area contributed by atoms with Crippen LogP contribution in [0.15, 0.2) is 0 Å². The molecule has 15 heavy (non-hydrogen) atoms. The van der Waals surface area contributed by atoms with Gasteiger partial charge in [0.05, 0.1) is 11.3 Å². The molecule has 3 atom stereocenters. The smallest absolute Gasteiger partial charge is 0.327 e. The lowest BCUT2D eigenvalue weighted by Crippen LogP contribution is -2.64. The van der Waals surface area contributed by atoms with Gasteiger partial charge < -0.3 is 15.7 Å². The number of nitrogens with zero attached hydrogens (tertiary/aromatic N) is 1. The van der Waals surface area contributed by atoms with Crippen LogP contribution >= 0.6 is 11.8 Å². The number of rotatable bonds is 2. The number of carbonyl (C=O) groups is 2. The van der Waals surface area contributed by atoms with Gasteiger partial charge in [0.15, 0.2) is 0 Å². The van der Waals surface area contributed by atoms with Crippen LogP contribution in [-0.2, 0) is 9.59 Å². The van der Waals surface area contributed by atoms with Crippen LogP contribution in [0.4, 0.5) is 0 Å². The summed E-state index contributed by atoms with van der Waals surface area (Å²) in [4.78, 5) is 24.2. The summed E-state index contributed by atoms with van der Waals surface area (Å²) in [6.07, 6.45) is 0. The van der Waals surface area contributed by atoms with Gasteiger partial charge in [0.25, 0.3) is 0 Å². The van der Waals surface area contributed by atoms with Gasteiger partial charge in [-0.25, -0.2) is 4.79 Å². The van der Waals surface area contributed by atoms with Crippen molar-refractivity contribution in [2.45, 2.75) is 30.0 Å². The fourth-order valence-corrected chi connectivity index (χ4v) is 4.00. The van der Waals surface area contributed by atoms with Crippen molar-refractivity contribution in [2.75, 3.05) is 6.54 Å². The number of carbonyl (C=O) groups excluding carboxylic acids is 1. The second-order valence-corrected chi connectivity index (χ2v) is 6.21. The van der Waals surface area contributed by atoms with Crippen LogP contribution in [-0.4, -0.2) is 44.6 Å². The highest BCUT2D eigenvalue weighted by atomic mass is 32.2. The fourth-order valence-electron chi connectivity index (χ4n) is 2.31. The van der Waals surface area contributed by atoms with Gasteiger partial charge in [-0.1, -0.05) is 0 Å². The van der Waals surface area contributed by atoms with Crippen molar-refractivity contribution in [3.05, 3.63) is 0 Å². The van der Waals surface area contributed by atoms with Crippen LogP contribution in [0.3, 0.4) is 0 Å². The van der Waals surface area contributed by atoms with Crippen molar-refractivity contribution < 1.29 is 14.7 Å². The molecular weight excluding hydrogens is 216 g/mol. The van der Waals surface area contributed by atoms with E-state index in [-0.39, 0.29) is 17.2 Å². The molecule has 1 amide bonds. The Morgan fingerprint density at radius 3 is 2.73 bits per heavy atom. The number of hydrogen-bond acceptors (Lipinski definition) is 4. The van der Waals surface area contributed by atoms with Gasteiger partial charge in [-0.05, 0) is 13.8 Å². The molecule has 0 aromatic carbocycles. The van der Waals surface area contributed by atoms with Crippen molar-refractivity contribution in [3.63, 3.8) is 0 Å². The third-order valence-corrected chi connectivity index (χ3v) is 4.67. The maximum absolute atomic E-state index is 11.6. The molecular formula is C9H14N2O3S. The number of amides is 1. The summed E-state index contributed by atoms with van der Waals surface area (Å²) in [7, 11) is 0. The zero-order valence-electron chi connectivity index (χ0n) is 8.64. The lowest BCUT2D eigenvalue weighted by Gasteiger charge is -2.43. The number of carboxylic acid groups (broad SMARTS) is 1. The van der Waals surface area contributed by atoms with Crippen LogP contribution in [0.2, 0.25) is 0 Å². The molecule has 2 fully saturated rings. The molecule has 5 nitrogen and oxygen atoms in total. The molecule has 6 heteroatoms. The summed E-state index contributed by atoms with van der Waals surface area (Å²) in [5.41, 5.74) is 5.48. The van der Waals surface area contributed by atoms with Gasteiger partial charge in [0.1, 0.15) is 6.04 Å². The summed E-state index contributed by atoms with van der Waals surface area (Å²) in [6, 6.07) is -0.720. The monoisotopic (exact) mass is 230 g/mol. The minimum absolute atomic E-state index is 0.0430. The Morgan fingerprint density at radius 1 is 1.67 bits per heavy atom. The van der Waals surface area contributed by atoms with Crippen molar-refractivity contribution >= 4 is 23.6 Å². The zero-order valence-corrected chi connectivity index (χ0v) is 9.45. The molecule has 0 aliphatic carbocycles. The summed E-state index contributed by atoms with van der Waals surface area (Å²) < 4.78 is -0.434.